The Morgan fingerprint density at radius 3 is 0.891 bits per heavy atom. The van der Waals surface area contributed by atoms with Gasteiger partial charge < -0.3 is 14.2 Å². The van der Waals surface area contributed by atoms with Gasteiger partial charge in [-0.25, -0.2) is 0 Å². The Kier molecular flexibility index (Phi) is 42.3. The SMILES string of the molecule is CCCCCCCCCCCCCCCCCCC(=O)OC[C@H](COC(=O)CCCCCCC)OC(=O)CCCCCCCCCCCCCCCC(C)C. The number of ether oxygens (including phenoxy) is 3. The number of unbranched alkanes of at least 4 members (excludes halogenated alkanes) is 31. The van der Waals surface area contributed by atoms with Gasteiger partial charge in [-0.05, 0) is 25.2 Å². The number of carbonyl (C=O) groups excluding carboxylic acids is 3. The molecular formula is C49H94O6. The molecule has 0 amide bonds. The monoisotopic (exact) mass is 779 g/mol. The summed E-state index contributed by atoms with van der Waals surface area (Å²) in [5.74, 6) is -0.0246. The summed E-state index contributed by atoms with van der Waals surface area (Å²) < 4.78 is 16.7. The van der Waals surface area contributed by atoms with E-state index in [1.54, 1.807) is 0 Å². The molecule has 6 nitrogen and oxygen atoms in total. The Labute approximate surface area is 342 Å². The zero-order chi connectivity index (χ0) is 40.3. The third-order valence-corrected chi connectivity index (χ3v) is 11.0. The minimum atomic E-state index is -0.758. The van der Waals surface area contributed by atoms with Gasteiger partial charge in [0.15, 0.2) is 6.10 Å². The van der Waals surface area contributed by atoms with Crippen molar-refractivity contribution in [3.05, 3.63) is 0 Å². The summed E-state index contributed by atoms with van der Waals surface area (Å²) in [6.45, 7) is 8.94. The van der Waals surface area contributed by atoms with Crippen molar-refractivity contribution in [2.45, 2.75) is 278 Å². The van der Waals surface area contributed by atoms with Crippen LogP contribution in [0.3, 0.4) is 0 Å². The zero-order valence-electron chi connectivity index (χ0n) is 37.4. The van der Waals surface area contributed by atoms with Gasteiger partial charge in [0, 0.05) is 19.3 Å². The maximum Gasteiger partial charge on any atom is 0.306 e. The number of rotatable bonds is 44. The number of esters is 3. The topological polar surface area (TPSA) is 78.9 Å². The van der Waals surface area contributed by atoms with Crippen LogP contribution in [0.1, 0.15) is 272 Å². The fourth-order valence-corrected chi connectivity index (χ4v) is 7.33. The summed E-state index contributed by atoms with van der Waals surface area (Å²) in [6, 6.07) is 0. The van der Waals surface area contributed by atoms with Crippen LogP contribution >= 0.6 is 0 Å². The van der Waals surface area contributed by atoms with E-state index < -0.39 is 6.10 Å². The van der Waals surface area contributed by atoms with Crippen LogP contribution in [0.25, 0.3) is 0 Å². The lowest BCUT2D eigenvalue weighted by atomic mass is 10.0. The molecule has 0 aromatic carbocycles. The maximum atomic E-state index is 12.7. The van der Waals surface area contributed by atoms with E-state index in [1.165, 1.54) is 161 Å². The molecular weight excluding hydrogens is 685 g/mol. The summed E-state index contributed by atoms with van der Waals surface area (Å²) >= 11 is 0. The molecule has 6 heteroatoms. The molecule has 0 fully saturated rings. The standard InChI is InChI=1S/C49H94O6/c1-5-7-9-11-12-13-14-15-16-17-20-23-26-29-33-37-41-48(51)54-44-46(43-53-47(50)40-36-31-10-8-6-2)55-49(52)42-38-34-30-27-24-21-18-19-22-25-28-32-35-39-45(3)4/h45-46H,5-44H2,1-4H3/t46-/m0/s1. The van der Waals surface area contributed by atoms with Crippen molar-refractivity contribution < 1.29 is 28.6 Å². The molecule has 0 aromatic rings. The van der Waals surface area contributed by atoms with Crippen LogP contribution in [0.4, 0.5) is 0 Å². The predicted octanol–water partition coefficient (Wildman–Crippen LogP) is 15.5. The molecule has 0 saturated heterocycles. The Balaban J connectivity index is 4.14. The summed E-state index contributed by atoms with van der Waals surface area (Å²) in [5.41, 5.74) is 0. The minimum absolute atomic E-state index is 0.0641. The van der Waals surface area contributed by atoms with E-state index in [0.29, 0.717) is 19.3 Å². The highest BCUT2D eigenvalue weighted by Gasteiger charge is 2.19. The third kappa shape index (κ3) is 43.4. The highest BCUT2D eigenvalue weighted by atomic mass is 16.6. The quantitative estimate of drug-likeness (QED) is 0.0348. The van der Waals surface area contributed by atoms with Gasteiger partial charge in [0.2, 0.25) is 0 Å². The summed E-state index contributed by atoms with van der Waals surface area (Å²) in [4.78, 5) is 37.6. The molecule has 326 valence electrons. The summed E-state index contributed by atoms with van der Waals surface area (Å²) in [6.07, 6.45) is 44.0. The average molecular weight is 779 g/mol. The molecule has 0 aromatic heterocycles. The van der Waals surface area contributed by atoms with E-state index in [-0.39, 0.29) is 31.1 Å². The second-order valence-corrected chi connectivity index (χ2v) is 17.2. The molecule has 0 aliphatic rings. The predicted molar refractivity (Wildman–Crippen MR) is 233 cm³/mol. The fourth-order valence-electron chi connectivity index (χ4n) is 7.33. The second kappa shape index (κ2) is 43.5. The van der Waals surface area contributed by atoms with Gasteiger partial charge in [-0.3, -0.25) is 14.4 Å². The van der Waals surface area contributed by atoms with Gasteiger partial charge >= 0.3 is 17.9 Å². The smallest absolute Gasteiger partial charge is 0.306 e. The van der Waals surface area contributed by atoms with Crippen molar-refractivity contribution in [1.82, 2.24) is 0 Å². The fraction of sp³-hybridized carbons (Fsp3) is 0.939. The van der Waals surface area contributed by atoms with E-state index in [4.69, 9.17) is 14.2 Å². The first-order chi connectivity index (χ1) is 26.9. The van der Waals surface area contributed by atoms with Gasteiger partial charge in [0.25, 0.3) is 0 Å². The molecule has 0 rings (SSSR count). The van der Waals surface area contributed by atoms with Crippen LogP contribution in [-0.2, 0) is 28.6 Å². The van der Waals surface area contributed by atoms with Gasteiger partial charge in [-0.15, -0.1) is 0 Å². The summed E-state index contributed by atoms with van der Waals surface area (Å²) in [7, 11) is 0. The first-order valence-corrected chi connectivity index (χ1v) is 24.4. The Hall–Kier alpha value is -1.59. The lowest BCUT2D eigenvalue weighted by molar-refractivity contribution is -0.167. The van der Waals surface area contributed by atoms with E-state index >= 15 is 0 Å². The molecule has 0 saturated carbocycles. The van der Waals surface area contributed by atoms with Crippen LogP contribution < -0.4 is 0 Å². The molecule has 0 aliphatic heterocycles. The largest absolute Gasteiger partial charge is 0.462 e. The van der Waals surface area contributed by atoms with Crippen LogP contribution in [0.5, 0.6) is 0 Å². The molecule has 0 radical (unpaired) electrons. The molecule has 0 N–H and O–H groups in total. The van der Waals surface area contributed by atoms with Crippen LogP contribution in [0.2, 0.25) is 0 Å². The molecule has 1 atom stereocenters. The van der Waals surface area contributed by atoms with E-state index in [2.05, 4.69) is 27.7 Å². The van der Waals surface area contributed by atoms with Gasteiger partial charge in [0.1, 0.15) is 13.2 Å². The lowest BCUT2D eigenvalue weighted by Gasteiger charge is -2.18. The van der Waals surface area contributed by atoms with Crippen molar-refractivity contribution in [3.63, 3.8) is 0 Å². The summed E-state index contributed by atoms with van der Waals surface area (Å²) in [5, 5.41) is 0. The second-order valence-electron chi connectivity index (χ2n) is 17.2. The number of carbonyl (C=O) groups is 3. The normalized spacial score (nSPS) is 11.9. The first-order valence-electron chi connectivity index (χ1n) is 24.4. The molecule has 0 heterocycles. The lowest BCUT2D eigenvalue weighted by Crippen LogP contribution is -2.30. The Bertz CT molecular complexity index is 826. The molecule has 55 heavy (non-hydrogen) atoms. The molecule has 0 aliphatic carbocycles. The van der Waals surface area contributed by atoms with Gasteiger partial charge in [0.05, 0.1) is 0 Å². The highest BCUT2D eigenvalue weighted by Crippen LogP contribution is 2.17. The van der Waals surface area contributed by atoms with E-state index in [1.807, 2.05) is 0 Å². The van der Waals surface area contributed by atoms with Crippen LogP contribution in [-0.4, -0.2) is 37.2 Å². The average Bonchev–Trinajstić information content (AvgIpc) is 3.17. The van der Waals surface area contributed by atoms with E-state index in [9.17, 15) is 14.4 Å². The Morgan fingerprint density at radius 1 is 0.345 bits per heavy atom. The van der Waals surface area contributed by atoms with Crippen LogP contribution in [0.15, 0.2) is 0 Å². The zero-order valence-corrected chi connectivity index (χ0v) is 37.4. The third-order valence-electron chi connectivity index (χ3n) is 11.0. The highest BCUT2D eigenvalue weighted by molar-refractivity contribution is 5.71. The van der Waals surface area contributed by atoms with E-state index in [0.717, 1.165) is 70.1 Å². The van der Waals surface area contributed by atoms with Crippen molar-refractivity contribution in [2.24, 2.45) is 5.92 Å². The Morgan fingerprint density at radius 2 is 0.600 bits per heavy atom. The van der Waals surface area contributed by atoms with Crippen molar-refractivity contribution >= 4 is 17.9 Å². The van der Waals surface area contributed by atoms with Crippen LogP contribution in [0, 0.1) is 5.92 Å². The number of hydrogen-bond acceptors (Lipinski definition) is 6. The number of hydrogen-bond donors (Lipinski definition) is 0. The van der Waals surface area contributed by atoms with Crippen molar-refractivity contribution in [3.8, 4) is 0 Å². The van der Waals surface area contributed by atoms with Gasteiger partial charge in [-0.1, -0.05) is 233 Å². The first kappa shape index (κ1) is 53.4. The van der Waals surface area contributed by atoms with Crippen molar-refractivity contribution in [1.29, 1.82) is 0 Å². The molecule has 0 spiro atoms. The minimum Gasteiger partial charge on any atom is -0.462 e. The maximum absolute atomic E-state index is 12.7. The molecule has 0 bridgehead atoms. The van der Waals surface area contributed by atoms with Gasteiger partial charge in [-0.2, -0.15) is 0 Å². The van der Waals surface area contributed by atoms with Crippen molar-refractivity contribution in [2.75, 3.05) is 13.2 Å². The molecule has 0 unspecified atom stereocenters.